The number of hydrogen-bond donors (Lipinski definition) is 3. The van der Waals surface area contributed by atoms with E-state index in [0.29, 0.717) is 28.0 Å². The predicted molar refractivity (Wildman–Crippen MR) is 176 cm³/mol. The number of piperidine rings is 2. The SMILES string of the molecule is Cl.Cl.Cl.Cl.O=C(NC1CCN(CCN2CCC(O)CC2)CC1)c1cc2c(OCc3coc4cccc(F)c34)cccc2[nH]1. The molecule has 2 aromatic heterocycles. The zero-order chi connectivity index (χ0) is 26.8. The lowest BCUT2D eigenvalue weighted by molar-refractivity contribution is 0.0729. The molecule has 0 unspecified atom stereocenters. The molecule has 2 aliphatic heterocycles. The lowest BCUT2D eigenvalue weighted by atomic mass is 10.0. The second-order valence-corrected chi connectivity index (χ2v) is 10.7. The van der Waals surface area contributed by atoms with Crippen molar-refractivity contribution in [3.63, 3.8) is 0 Å². The Labute approximate surface area is 275 Å². The second kappa shape index (κ2) is 16.7. The molecule has 3 N–H and O–H groups in total. The van der Waals surface area contributed by atoms with Crippen LogP contribution in [0.5, 0.6) is 5.75 Å². The number of aromatic amines is 1. The molecule has 2 fully saturated rings. The molecule has 0 aliphatic carbocycles. The van der Waals surface area contributed by atoms with Gasteiger partial charge in [0.15, 0.2) is 0 Å². The van der Waals surface area contributed by atoms with Gasteiger partial charge in [0.25, 0.3) is 5.91 Å². The quantitative estimate of drug-likeness (QED) is 0.213. The molecular formula is C30H39Cl4FN4O4. The Morgan fingerprint density at radius 1 is 0.977 bits per heavy atom. The van der Waals surface area contributed by atoms with Gasteiger partial charge >= 0.3 is 0 Å². The number of nitrogens with one attached hydrogen (secondary N) is 2. The second-order valence-electron chi connectivity index (χ2n) is 10.7. The fourth-order valence-electron chi connectivity index (χ4n) is 5.73. The number of halogens is 5. The highest BCUT2D eigenvalue weighted by molar-refractivity contribution is 5.99. The van der Waals surface area contributed by atoms with Gasteiger partial charge in [-0.3, -0.25) is 4.79 Å². The Morgan fingerprint density at radius 2 is 1.63 bits per heavy atom. The van der Waals surface area contributed by atoms with E-state index in [4.69, 9.17) is 9.15 Å². The molecule has 13 heteroatoms. The fraction of sp³-hybridized carbons (Fsp3) is 0.433. The maximum atomic E-state index is 14.3. The van der Waals surface area contributed by atoms with Gasteiger partial charge in [0.2, 0.25) is 0 Å². The van der Waals surface area contributed by atoms with E-state index >= 15 is 0 Å². The topological polar surface area (TPSA) is 94.0 Å². The van der Waals surface area contributed by atoms with Crippen LogP contribution in [0.15, 0.2) is 53.1 Å². The largest absolute Gasteiger partial charge is 0.488 e. The number of rotatable bonds is 8. The van der Waals surface area contributed by atoms with E-state index in [-0.39, 0.29) is 80.1 Å². The molecule has 2 aromatic carbocycles. The van der Waals surface area contributed by atoms with Crippen LogP contribution in [-0.2, 0) is 6.61 Å². The van der Waals surface area contributed by atoms with E-state index in [9.17, 15) is 14.3 Å². The number of H-pyrrole nitrogens is 1. The lowest BCUT2D eigenvalue weighted by Gasteiger charge is -2.35. The summed E-state index contributed by atoms with van der Waals surface area (Å²) in [4.78, 5) is 21.2. The molecule has 1 amide bonds. The first-order valence-electron chi connectivity index (χ1n) is 13.9. The molecule has 238 valence electrons. The minimum absolute atomic E-state index is 0. The van der Waals surface area contributed by atoms with Gasteiger partial charge in [-0.05, 0) is 56.0 Å². The standard InChI is InChI=1S/C30H35FN4O4.4ClH/c31-24-3-1-6-28-29(24)20(19-39-28)18-38-27-5-2-4-25-23(27)17-26(33-25)30(37)32-21-7-11-34(12-8-21)15-16-35-13-9-22(36)10-14-35;;;;/h1-6,17,19,21-22,33,36H,7-16,18H2,(H,32,37);4*1H. The highest BCUT2D eigenvalue weighted by Gasteiger charge is 2.23. The van der Waals surface area contributed by atoms with Crippen LogP contribution in [0.2, 0.25) is 0 Å². The maximum Gasteiger partial charge on any atom is 0.267 e. The molecule has 4 heterocycles. The van der Waals surface area contributed by atoms with Crippen molar-refractivity contribution in [1.29, 1.82) is 0 Å². The number of nitrogens with zero attached hydrogens (tertiary/aromatic N) is 2. The monoisotopic (exact) mass is 678 g/mol. The molecule has 4 aromatic rings. The number of benzene rings is 2. The van der Waals surface area contributed by atoms with Crippen LogP contribution in [0.25, 0.3) is 21.9 Å². The number of carbonyl (C=O) groups is 1. The summed E-state index contributed by atoms with van der Waals surface area (Å²) < 4.78 is 25.8. The third kappa shape index (κ3) is 8.69. The number of amides is 1. The first-order valence-corrected chi connectivity index (χ1v) is 13.9. The van der Waals surface area contributed by atoms with Gasteiger partial charge in [-0.2, -0.15) is 0 Å². The number of aromatic nitrogens is 1. The highest BCUT2D eigenvalue weighted by atomic mass is 35.5. The molecular weight excluding hydrogens is 641 g/mol. The van der Waals surface area contributed by atoms with Crippen LogP contribution in [-0.4, -0.2) is 77.2 Å². The summed E-state index contributed by atoms with van der Waals surface area (Å²) in [6.07, 6.45) is 4.98. The van der Waals surface area contributed by atoms with Crippen LogP contribution in [0, 0.1) is 5.82 Å². The number of aliphatic hydroxyl groups excluding tert-OH is 1. The van der Waals surface area contributed by atoms with Gasteiger partial charge in [0.05, 0.1) is 17.8 Å². The summed E-state index contributed by atoms with van der Waals surface area (Å²) >= 11 is 0. The average Bonchev–Trinajstić information content (AvgIpc) is 3.58. The van der Waals surface area contributed by atoms with Gasteiger partial charge in [0, 0.05) is 61.8 Å². The molecule has 6 rings (SSSR count). The van der Waals surface area contributed by atoms with Crippen molar-refractivity contribution in [3.8, 4) is 5.75 Å². The lowest BCUT2D eigenvalue weighted by Crippen LogP contribution is -2.47. The minimum Gasteiger partial charge on any atom is -0.488 e. The Balaban J connectivity index is 0.00000161. The van der Waals surface area contributed by atoms with Crippen LogP contribution < -0.4 is 10.1 Å². The van der Waals surface area contributed by atoms with Crippen LogP contribution in [0.1, 0.15) is 41.7 Å². The average molecular weight is 680 g/mol. The first kappa shape index (κ1) is 36.9. The normalized spacial score (nSPS) is 16.5. The van der Waals surface area contributed by atoms with Crippen LogP contribution in [0.4, 0.5) is 4.39 Å². The Hall–Kier alpha value is -2.24. The van der Waals surface area contributed by atoms with Crippen molar-refractivity contribution in [3.05, 3.63) is 65.8 Å². The highest BCUT2D eigenvalue weighted by Crippen LogP contribution is 2.30. The van der Waals surface area contributed by atoms with E-state index in [0.717, 1.165) is 75.9 Å². The van der Waals surface area contributed by atoms with Gasteiger partial charge in [0.1, 0.15) is 29.5 Å². The summed E-state index contributed by atoms with van der Waals surface area (Å²) in [5, 5.41) is 14.1. The number of aliphatic hydroxyl groups is 1. The summed E-state index contributed by atoms with van der Waals surface area (Å²) in [7, 11) is 0. The Morgan fingerprint density at radius 3 is 2.33 bits per heavy atom. The zero-order valence-corrected chi connectivity index (χ0v) is 26.9. The van der Waals surface area contributed by atoms with E-state index in [2.05, 4.69) is 20.1 Å². The molecule has 0 saturated carbocycles. The fourth-order valence-corrected chi connectivity index (χ4v) is 5.73. The molecule has 43 heavy (non-hydrogen) atoms. The number of furan rings is 1. The van der Waals surface area contributed by atoms with Crippen molar-refractivity contribution in [2.45, 2.75) is 44.4 Å². The van der Waals surface area contributed by atoms with Gasteiger partial charge in [-0.1, -0.05) is 12.1 Å². The van der Waals surface area contributed by atoms with Crippen molar-refractivity contribution < 1.29 is 23.4 Å². The minimum atomic E-state index is -0.341. The zero-order valence-electron chi connectivity index (χ0n) is 23.6. The van der Waals surface area contributed by atoms with Crippen LogP contribution in [0.3, 0.4) is 0 Å². The summed E-state index contributed by atoms with van der Waals surface area (Å²) in [6.45, 7) is 6.11. The Bertz CT molecular complexity index is 1450. The van der Waals surface area contributed by atoms with E-state index in [1.165, 1.54) is 12.3 Å². The van der Waals surface area contributed by atoms with Crippen molar-refractivity contribution in [2.75, 3.05) is 39.3 Å². The van der Waals surface area contributed by atoms with Crippen LogP contribution >= 0.6 is 49.6 Å². The third-order valence-corrected chi connectivity index (χ3v) is 8.09. The molecule has 8 nitrogen and oxygen atoms in total. The first-order chi connectivity index (χ1) is 19.0. The number of likely N-dealkylation sites (tertiary alicyclic amines) is 2. The van der Waals surface area contributed by atoms with E-state index < -0.39 is 0 Å². The molecule has 2 aliphatic rings. The van der Waals surface area contributed by atoms with E-state index in [1.54, 1.807) is 12.1 Å². The van der Waals surface area contributed by atoms with Crippen molar-refractivity contribution >= 4 is 77.4 Å². The number of fused-ring (bicyclic) bond motifs is 2. The maximum absolute atomic E-state index is 14.3. The summed E-state index contributed by atoms with van der Waals surface area (Å²) in [5.41, 5.74) is 2.42. The van der Waals surface area contributed by atoms with Gasteiger partial charge < -0.3 is 34.4 Å². The summed E-state index contributed by atoms with van der Waals surface area (Å²) in [5.74, 6) is 0.155. The molecule has 2 saturated heterocycles. The number of ether oxygens (including phenoxy) is 1. The summed E-state index contributed by atoms with van der Waals surface area (Å²) in [6, 6.07) is 12.3. The molecule has 0 radical (unpaired) electrons. The molecule has 0 spiro atoms. The smallest absolute Gasteiger partial charge is 0.267 e. The van der Waals surface area contributed by atoms with Crippen molar-refractivity contribution in [2.24, 2.45) is 0 Å². The van der Waals surface area contributed by atoms with Gasteiger partial charge in [-0.25, -0.2) is 4.39 Å². The van der Waals surface area contributed by atoms with Gasteiger partial charge in [-0.15, -0.1) is 49.6 Å². The van der Waals surface area contributed by atoms with E-state index in [1.807, 2.05) is 24.3 Å². The molecule has 0 atom stereocenters. The third-order valence-electron chi connectivity index (χ3n) is 8.09. The predicted octanol–water partition coefficient (Wildman–Crippen LogP) is 5.97. The molecule has 0 bridgehead atoms. The van der Waals surface area contributed by atoms with Crippen molar-refractivity contribution in [1.82, 2.24) is 20.1 Å². The number of carbonyl (C=O) groups excluding carboxylic acids is 1. The number of hydrogen-bond acceptors (Lipinski definition) is 6. The Kier molecular flexibility index (Phi) is 14.4.